The van der Waals surface area contributed by atoms with E-state index in [-0.39, 0.29) is 0 Å². The largest absolute Gasteiger partial charge is 0.398 e. The molecule has 0 spiro atoms. The number of nitrogens with zero attached hydrogens (tertiary/aromatic N) is 2. The van der Waals surface area contributed by atoms with E-state index in [2.05, 4.69) is 16.4 Å². The van der Waals surface area contributed by atoms with Crippen LogP contribution >= 0.6 is 0 Å². The Morgan fingerprint density at radius 3 is 2.74 bits per heavy atom. The summed E-state index contributed by atoms with van der Waals surface area (Å²) in [6, 6.07) is 11.8. The molecule has 4 heteroatoms. The molecule has 1 aromatic carbocycles. The molecule has 0 aliphatic carbocycles. The topological polar surface area (TPSA) is 74.7 Å². The molecular formula is C15H16N4. The third-order valence-electron chi connectivity index (χ3n) is 2.90. The summed E-state index contributed by atoms with van der Waals surface area (Å²) in [7, 11) is 0. The van der Waals surface area contributed by atoms with Crippen molar-refractivity contribution in [2.75, 3.05) is 17.6 Å². The van der Waals surface area contributed by atoms with Gasteiger partial charge in [-0.1, -0.05) is 0 Å². The van der Waals surface area contributed by atoms with Crippen molar-refractivity contribution in [2.45, 2.75) is 12.8 Å². The molecule has 1 heterocycles. The highest BCUT2D eigenvalue weighted by Crippen LogP contribution is 2.18. The molecule has 1 aromatic heterocycles. The second-order valence-electron chi connectivity index (χ2n) is 4.28. The molecule has 19 heavy (non-hydrogen) atoms. The average molecular weight is 252 g/mol. The number of nitrogens with one attached hydrogen (secondary N) is 1. The number of rotatable bonds is 5. The van der Waals surface area contributed by atoms with Crippen molar-refractivity contribution in [3.8, 4) is 6.07 Å². The molecule has 0 atom stereocenters. The maximum atomic E-state index is 8.73. The Kier molecular flexibility index (Phi) is 4.35. The molecule has 0 fully saturated rings. The van der Waals surface area contributed by atoms with E-state index in [4.69, 9.17) is 11.0 Å². The highest BCUT2D eigenvalue weighted by Gasteiger charge is 2.00. The lowest BCUT2D eigenvalue weighted by Gasteiger charge is -2.09. The number of nitriles is 1. The molecule has 3 N–H and O–H groups in total. The zero-order valence-corrected chi connectivity index (χ0v) is 10.6. The fourth-order valence-corrected chi connectivity index (χ4v) is 1.85. The predicted octanol–water partition coefficient (Wildman–Crippen LogP) is 2.38. The van der Waals surface area contributed by atoms with Crippen LogP contribution in [0.3, 0.4) is 0 Å². The summed E-state index contributed by atoms with van der Waals surface area (Å²) in [6.45, 7) is 0.833. The summed E-state index contributed by atoms with van der Waals surface area (Å²) in [4.78, 5) is 3.99. The van der Waals surface area contributed by atoms with Crippen LogP contribution in [0.1, 0.15) is 11.1 Å². The summed E-state index contributed by atoms with van der Waals surface area (Å²) < 4.78 is 0. The summed E-state index contributed by atoms with van der Waals surface area (Å²) in [5.74, 6) is 0. The number of nitrogens with two attached hydrogens (primary N) is 1. The fraction of sp³-hybridized carbons (Fsp3) is 0.200. The van der Waals surface area contributed by atoms with Gasteiger partial charge in [-0.3, -0.25) is 4.98 Å². The number of hydrogen-bond donors (Lipinski definition) is 2. The average Bonchev–Trinajstić information content (AvgIpc) is 2.44. The van der Waals surface area contributed by atoms with Crippen molar-refractivity contribution in [3.63, 3.8) is 0 Å². The third-order valence-corrected chi connectivity index (χ3v) is 2.90. The van der Waals surface area contributed by atoms with E-state index >= 15 is 0 Å². The summed E-state index contributed by atoms with van der Waals surface area (Å²) in [6.07, 6.45) is 4.86. The molecule has 0 radical (unpaired) electrons. The maximum absolute atomic E-state index is 8.73. The Morgan fingerprint density at radius 2 is 2.00 bits per heavy atom. The van der Waals surface area contributed by atoms with Gasteiger partial charge in [0, 0.05) is 30.3 Å². The van der Waals surface area contributed by atoms with Crippen LogP contribution in [0.25, 0.3) is 0 Å². The van der Waals surface area contributed by atoms with E-state index in [1.54, 1.807) is 12.4 Å². The van der Waals surface area contributed by atoms with Gasteiger partial charge in [-0.15, -0.1) is 0 Å². The van der Waals surface area contributed by atoms with E-state index in [1.807, 2.05) is 30.3 Å². The molecule has 0 saturated heterocycles. The van der Waals surface area contributed by atoms with Crippen molar-refractivity contribution in [3.05, 3.63) is 53.9 Å². The van der Waals surface area contributed by atoms with E-state index in [0.29, 0.717) is 12.1 Å². The number of benzene rings is 1. The first-order valence-corrected chi connectivity index (χ1v) is 6.17. The lowest BCUT2D eigenvalue weighted by Crippen LogP contribution is -2.05. The molecule has 0 aliphatic rings. The van der Waals surface area contributed by atoms with Gasteiger partial charge in [0.2, 0.25) is 0 Å². The Hall–Kier alpha value is -2.54. The SMILES string of the molecule is N#CCc1cc(NCCc2ccncc2)ccc1N. The molecule has 0 unspecified atom stereocenters. The highest BCUT2D eigenvalue weighted by atomic mass is 14.9. The van der Waals surface area contributed by atoms with Crippen LogP contribution < -0.4 is 11.1 Å². The zero-order valence-electron chi connectivity index (χ0n) is 10.6. The maximum Gasteiger partial charge on any atom is 0.0670 e. The standard InChI is InChI=1S/C15H16N4/c16-7-3-13-11-14(1-2-15(13)17)19-10-6-12-4-8-18-9-5-12/h1-2,4-5,8-9,11,19H,3,6,10,17H2. The third kappa shape index (κ3) is 3.71. The van der Waals surface area contributed by atoms with Gasteiger partial charge in [0.1, 0.15) is 0 Å². The first-order valence-electron chi connectivity index (χ1n) is 6.17. The van der Waals surface area contributed by atoms with Gasteiger partial charge in [0.25, 0.3) is 0 Å². The predicted molar refractivity (Wildman–Crippen MR) is 76.6 cm³/mol. The monoisotopic (exact) mass is 252 g/mol. The molecular weight excluding hydrogens is 236 g/mol. The number of aromatic nitrogens is 1. The molecule has 4 nitrogen and oxygen atoms in total. The van der Waals surface area contributed by atoms with Gasteiger partial charge in [-0.25, -0.2) is 0 Å². The Morgan fingerprint density at radius 1 is 1.21 bits per heavy atom. The van der Waals surface area contributed by atoms with Crippen molar-refractivity contribution in [2.24, 2.45) is 0 Å². The Balaban J connectivity index is 1.93. The molecule has 0 saturated carbocycles. The minimum absolute atomic E-state index is 0.339. The zero-order chi connectivity index (χ0) is 13.5. The number of hydrogen-bond acceptors (Lipinski definition) is 4. The van der Waals surface area contributed by atoms with Gasteiger partial charge in [0.15, 0.2) is 0 Å². The van der Waals surface area contributed by atoms with Crippen LogP contribution in [0.2, 0.25) is 0 Å². The quantitative estimate of drug-likeness (QED) is 0.801. The van der Waals surface area contributed by atoms with Gasteiger partial charge in [-0.2, -0.15) is 5.26 Å². The van der Waals surface area contributed by atoms with Gasteiger partial charge < -0.3 is 11.1 Å². The van der Waals surface area contributed by atoms with E-state index < -0.39 is 0 Å². The lowest BCUT2D eigenvalue weighted by molar-refractivity contribution is 1.01. The van der Waals surface area contributed by atoms with E-state index in [1.165, 1.54) is 5.56 Å². The second-order valence-corrected chi connectivity index (χ2v) is 4.28. The molecule has 2 rings (SSSR count). The molecule has 0 aliphatic heterocycles. The van der Waals surface area contributed by atoms with Crippen LogP contribution in [0, 0.1) is 11.3 Å². The summed E-state index contributed by atoms with van der Waals surface area (Å²) in [5, 5.41) is 12.1. The second kappa shape index (κ2) is 6.41. The highest BCUT2D eigenvalue weighted by molar-refractivity contribution is 5.58. The minimum Gasteiger partial charge on any atom is -0.398 e. The molecule has 0 amide bonds. The number of pyridine rings is 1. The number of anilines is 2. The first-order chi connectivity index (χ1) is 9.29. The van der Waals surface area contributed by atoms with E-state index in [0.717, 1.165) is 24.2 Å². The first kappa shape index (κ1) is 12.9. The fourth-order valence-electron chi connectivity index (χ4n) is 1.85. The molecule has 2 aromatic rings. The van der Waals surface area contributed by atoms with Crippen LogP contribution in [0.15, 0.2) is 42.7 Å². The molecule has 96 valence electrons. The van der Waals surface area contributed by atoms with Crippen LogP contribution in [0.5, 0.6) is 0 Å². The van der Waals surface area contributed by atoms with Crippen molar-refractivity contribution < 1.29 is 0 Å². The van der Waals surface area contributed by atoms with Crippen LogP contribution in [-0.2, 0) is 12.8 Å². The minimum atomic E-state index is 0.339. The summed E-state index contributed by atoms with van der Waals surface area (Å²) in [5.41, 5.74) is 9.59. The Labute approximate surface area is 112 Å². The number of nitrogen functional groups attached to an aromatic ring is 1. The van der Waals surface area contributed by atoms with Crippen molar-refractivity contribution >= 4 is 11.4 Å². The lowest BCUT2D eigenvalue weighted by atomic mass is 10.1. The van der Waals surface area contributed by atoms with Crippen molar-refractivity contribution in [1.29, 1.82) is 5.26 Å². The Bertz CT molecular complexity index is 572. The van der Waals surface area contributed by atoms with Gasteiger partial charge in [-0.05, 0) is 47.9 Å². The van der Waals surface area contributed by atoms with Gasteiger partial charge >= 0.3 is 0 Å². The van der Waals surface area contributed by atoms with Crippen LogP contribution in [-0.4, -0.2) is 11.5 Å². The van der Waals surface area contributed by atoms with Crippen molar-refractivity contribution in [1.82, 2.24) is 4.98 Å². The van der Waals surface area contributed by atoms with Crippen LogP contribution in [0.4, 0.5) is 11.4 Å². The van der Waals surface area contributed by atoms with Gasteiger partial charge in [0.05, 0.1) is 12.5 Å². The smallest absolute Gasteiger partial charge is 0.0670 e. The molecule has 0 bridgehead atoms. The summed E-state index contributed by atoms with van der Waals surface area (Å²) >= 11 is 0. The van der Waals surface area contributed by atoms with E-state index in [9.17, 15) is 0 Å². The normalized spacial score (nSPS) is 9.84.